The first-order valence-corrected chi connectivity index (χ1v) is 4.40. The summed E-state index contributed by atoms with van der Waals surface area (Å²) >= 11 is 0. The highest BCUT2D eigenvalue weighted by Gasteiger charge is 2.04. The first-order valence-electron chi connectivity index (χ1n) is 4.40. The van der Waals surface area contributed by atoms with Crippen molar-refractivity contribution in [3.63, 3.8) is 0 Å². The lowest BCUT2D eigenvalue weighted by atomic mass is 10.2. The summed E-state index contributed by atoms with van der Waals surface area (Å²) in [5.41, 5.74) is 3.28. The van der Waals surface area contributed by atoms with E-state index >= 15 is 0 Å². The van der Waals surface area contributed by atoms with E-state index in [2.05, 4.69) is 11.9 Å². The van der Waals surface area contributed by atoms with Crippen LogP contribution in [0.15, 0.2) is 23.1 Å². The molecule has 3 heteroatoms. The Balaban J connectivity index is 2.93. The number of aryl methyl sites for hydroxylation is 2. The highest BCUT2D eigenvalue weighted by atomic mass is 16.1. The normalized spacial score (nSPS) is 10.9. The minimum absolute atomic E-state index is 0.0433. The van der Waals surface area contributed by atoms with Crippen molar-refractivity contribution in [2.24, 2.45) is 7.05 Å². The number of rotatable bonds is 1. The molecule has 2 aromatic heterocycles. The number of aromatic amines is 1. The topological polar surface area (TPSA) is 37.8 Å². The van der Waals surface area contributed by atoms with Gasteiger partial charge in [0.25, 0.3) is 5.56 Å². The van der Waals surface area contributed by atoms with Crippen molar-refractivity contribution in [3.8, 4) is 0 Å². The van der Waals surface area contributed by atoms with Gasteiger partial charge in [-0.25, -0.2) is 0 Å². The first kappa shape index (κ1) is 8.10. The lowest BCUT2D eigenvalue weighted by Gasteiger charge is -2.00. The molecule has 0 fully saturated rings. The molecular weight excluding hydrogens is 164 g/mol. The van der Waals surface area contributed by atoms with Gasteiger partial charge in [-0.05, 0) is 18.1 Å². The van der Waals surface area contributed by atoms with Crippen LogP contribution in [0.2, 0.25) is 0 Å². The van der Waals surface area contributed by atoms with Gasteiger partial charge in [-0.2, -0.15) is 0 Å². The zero-order valence-corrected chi connectivity index (χ0v) is 7.79. The molecule has 0 bridgehead atoms. The molecule has 0 aliphatic carbocycles. The molecule has 0 aromatic carbocycles. The van der Waals surface area contributed by atoms with Crippen LogP contribution in [0.3, 0.4) is 0 Å². The quantitative estimate of drug-likeness (QED) is 0.701. The second-order valence-corrected chi connectivity index (χ2v) is 3.16. The van der Waals surface area contributed by atoms with Crippen molar-refractivity contribution in [2.45, 2.75) is 13.3 Å². The van der Waals surface area contributed by atoms with Crippen LogP contribution in [0.5, 0.6) is 0 Å². The first-order chi connectivity index (χ1) is 6.24. The minimum atomic E-state index is 0.0433. The second-order valence-electron chi connectivity index (χ2n) is 3.16. The van der Waals surface area contributed by atoms with E-state index in [0.717, 1.165) is 17.5 Å². The molecule has 0 saturated heterocycles. The van der Waals surface area contributed by atoms with Crippen molar-refractivity contribution in [1.29, 1.82) is 0 Å². The number of nitrogens with one attached hydrogen (secondary N) is 1. The molecule has 0 aliphatic heterocycles. The van der Waals surface area contributed by atoms with Crippen LogP contribution in [0.25, 0.3) is 11.0 Å². The number of H-pyrrole nitrogens is 1. The molecule has 2 heterocycles. The third-order valence-electron chi connectivity index (χ3n) is 2.40. The third kappa shape index (κ3) is 1.08. The molecule has 1 N–H and O–H groups in total. The Kier molecular flexibility index (Phi) is 1.72. The number of hydrogen-bond donors (Lipinski definition) is 1. The monoisotopic (exact) mass is 176 g/mol. The Labute approximate surface area is 76.0 Å². The predicted molar refractivity (Wildman–Crippen MR) is 52.9 cm³/mol. The largest absolute Gasteiger partial charge is 0.360 e. The second kappa shape index (κ2) is 2.76. The molecule has 13 heavy (non-hydrogen) atoms. The third-order valence-corrected chi connectivity index (χ3v) is 2.40. The lowest BCUT2D eigenvalue weighted by molar-refractivity contribution is 0.898. The van der Waals surface area contributed by atoms with Crippen LogP contribution in [-0.2, 0) is 13.5 Å². The van der Waals surface area contributed by atoms with E-state index in [1.165, 1.54) is 5.56 Å². The van der Waals surface area contributed by atoms with Gasteiger partial charge in [0.15, 0.2) is 0 Å². The maximum absolute atomic E-state index is 11.3. The van der Waals surface area contributed by atoms with Crippen LogP contribution in [0.1, 0.15) is 12.5 Å². The SMILES string of the molecule is CCc1c[nH]c2ccc(=O)n(C)c12. The fourth-order valence-corrected chi connectivity index (χ4v) is 1.64. The summed E-state index contributed by atoms with van der Waals surface area (Å²) in [5.74, 6) is 0. The van der Waals surface area contributed by atoms with E-state index < -0.39 is 0 Å². The predicted octanol–water partition coefficient (Wildman–Crippen LogP) is 1.43. The molecule has 0 radical (unpaired) electrons. The van der Waals surface area contributed by atoms with Crippen molar-refractivity contribution in [1.82, 2.24) is 9.55 Å². The highest BCUT2D eigenvalue weighted by molar-refractivity contribution is 5.79. The van der Waals surface area contributed by atoms with Crippen molar-refractivity contribution in [2.75, 3.05) is 0 Å². The summed E-state index contributed by atoms with van der Waals surface area (Å²) in [5, 5.41) is 0. The standard InChI is InChI=1S/C10H12N2O/c1-3-7-6-11-8-4-5-9(13)12(2)10(7)8/h4-6,11H,3H2,1-2H3. The van der Waals surface area contributed by atoms with Gasteiger partial charge in [-0.1, -0.05) is 6.92 Å². The van der Waals surface area contributed by atoms with Gasteiger partial charge in [0.2, 0.25) is 0 Å². The van der Waals surface area contributed by atoms with Gasteiger partial charge >= 0.3 is 0 Å². The molecular formula is C10H12N2O. The summed E-state index contributed by atoms with van der Waals surface area (Å²) in [6.45, 7) is 2.08. The molecule has 2 aromatic rings. The number of nitrogens with zero attached hydrogens (tertiary/aromatic N) is 1. The van der Waals surface area contributed by atoms with Crippen LogP contribution in [-0.4, -0.2) is 9.55 Å². The molecule has 2 rings (SSSR count). The Bertz CT molecular complexity index is 493. The Hall–Kier alpha value is -1.51. The average Bonchev–Trinajstić information content (AvgIpc) is 2.55. The molecule has 0 atom stereocenters. The van der Waals surface area contributed by atoms with E-state index in [1.807, 2.05) is 12.3 Å². The zero-order chi connectivity index (χ0) is 9.42. The zero-order valence-electron chi connectivity index (χ0n) is 7.79. The number of hydrogen-bond acceptors (Lipinski definition) is 1. The van der Waals surface area contributed by atoms with E-state index in [-0.39, 0.29) is 5.56 Å². The van der Waals surface area contributed by atoms with Crippen LogP contribution in [0, 0.1) is 0 Å². The smallest absolute Gasteiger partial charge is 0.250 e. The van der Waals surface area contributed by atoms with Gasteiger partial charge in [0.1, 0.15) is 0 Å². The Morgan fingerprint density at radius 1 is 1.46 bits per heavy atom. The Morgan fingerprint density at radius 2 is 2.23 bits per heavy atom. The molecule has 0 saturated carbocycles. The maximum atomic E-state index is 11.3. The molecule has 0 amide bonds. The van der Waals surface area contributed by atoms with Crippen molar-refractivity contribution < 1.29 is 0 Å². The summed E-state index contributed by atoms with van der Waals surface area (Å²) in [7, 11) is 1.80. The van der Waals surface area contributed by atoms with E-state index in [4.69, 9.17) is 0 Å². The van der Waals surface area contributed by atoms with Gasteiger partial charge < -0.3 is 9.55 Å². The van der Waals surface area contributed by atoms with E-state index in [0.29, 0.717) is 0 Å². The maximum Gasteiger partial charge on any atom is 0.250 e. The summed E-state index contributed by atoms with van der Waals surface area (Å²) < 4.78 is 1.69. The summed E-state index contributed by atoms with van der Waals surface area (Å²) in [6, 6.07) is 3.41. The van der Waals surface area contributed by atoms with Gasteiger partial charge in [-0.3, -0.25) is 4.79 Å². The minimum Gasteiger partial charge on any atom is -0.360 e. The van der Waals surface area contributed by atoms with Crippen LogP contribution in [0.4, 0.5) is 0 Å². The molecule has 68 valence electrons. The molecule has 0 spiro atoms. The molecule has 0 unspecified atom stereocenters. The Morgan fingerprint density at radius 3 is 2.92 bits per heavy atom. The number of aromatic nitrogens is 2. The van der Waals surface area contributed by atoms with Crippen LogP contribution < -0.4 is 5.56 Å². The van der Waals surface area contributed by atoms with Gasteiger partial charge in [-0.15, -0.1) is 0 Å². The fraction of sp³-hybridized carbons (Fsp3) is 0.300. The fourth-order valence-electron chi connectivity index (χ4n) is 1.64. The van der Waals surface area contributed by atoms with Crippen molar-refractivity contribution in [3.05, 3.63) is 34.2 Å². The van der Waals surface area contributed by atoms with Gasteiger partial charge in [0, 0.05) is 19.3 Å². The summed E-state index contributed by atoms with van der Waals surface area (Å²) in [4.78, 5) is 14.5. The lowest BCUT2D eigenvalue weighted by Crippen LogP contribution is -2.15. The van der Waals surface area contributed by atoms with E-state index in [1.54, 1.807) is 17.7 Å². The number of pyridine rings is 1. The average molecular weight is 176 g/mol. The van der Waals surface area contributed by atoms with Gasteiger partial charge in [0.05, 0.1) is 11.0 Å². The molecule has 3 nitrogen and oxygen atoms in total. The van der Waals surface area contributed by atoms with Crippen molar-refractivity contribution >= 4 is 11.0 Å². The molecule has 0 aliphatic rings. The number of fused-ring (bicyclic) bond motifs is 1. The van der Waals surface area contributed by atoms with Crippen LogP contribution >= 0.6 is 0 Å². The summed E-state index contributed by atoms with van der Waals surface area (Å²) in [6.07, 6.45) is 2.90. The highest BCUT2D eigenvalue weighted by Crippen LogP contribution is 2.15. The van der Waals surface area contributed by atoms with E-state index in [9.17, 15) is 4.79 Å².